The minimum absolute atomic E-state index is 0.0145. The molecular weight excluding hydrogens is 991 g/mol. The Balaban J connectivity index is 1.13. The molecule has 2 heterocycles. The molecule has 0 aliphatic heterocycles. The molecular formula is C64H75Cl2O2SiZr. The SMILES string of the molecule is Cc1ccc(C2=Cc3c(cc4c(c3-c3cc(C(C)(C)C)cc(C(C)(C)C)c3)CCC4)C2C[SiH](CC2C(c3ccc(C)o3)=Cc3c2cc2c(c3-c3cc(C(C)(C)C)cc(C(C)(C)C)c3)CCC2)[Zr]([Cl])[Cl])o1. The van der Waals surface area contributed by atoms with Crippen LogP contribution in [0.2, 0.25) is 12.1 Å². The Hall–Kier alpha value is -3.40. The van der Waals surface area contributed by atoms with Crippen LogP contribution in [0.4, 0.5) is 0 Å². The van der Waals surface area contributed by atoms with Crippen LogP contribution in [0.3, 0.4) is 0 Å². The fourth-order valence-corrected chi connectivity index (χ4v) is 27.4. The average molecular weight is 1070 g/mol. The van der Waals surface area contributed by atoms with Crippen molar-refractivity contribution >= 4 is 46.2 Å². The third-order valence-electron chi connectivity index (χ3n) is 16.4. The van der Waals surface area contributed by atoms with E-state index in [1.807, 2.05) is 0 Å². The summed E-state index contributed by atoms with van der Waals surface area (Å²) in [6.45, 7) is 32.4. The summed E-state index contributed by atoms with van der Waals surface area (Å²) in [5.41, 5.74) is 25.6. The second kappa shape index (κ2) is 18.2. The summed E-state index contributed by atoms with van der Waals surface area (Å²) >= 11 is -2.89. The van der Waals surface area contributed by atoms with Crippen LogP contribution in [0.1, 0.15) is 198 Å². The molecule has 0 N–H and O–H groups in total. The molecule has 4 aliphatic carbocycles. The van der Waals surface area contributed by atoms with Gasteiger partial charge in [0.1, 0.15) is 0 Å². The molecule has 6 heteroatoms. The Labute approximate surface area is 436 Å². The first-order chi connectivity index (χ1) is 32.8. The van der Waals surface area contributed by atoms with E-state index >= 15 is 0 Å². The van der Waals surface area contributed by atoms with Gasteiger partial charge >= 0.3 is 439 Å². The van der Waals surface area contributed by atoms with Crippen LogP contribution in [-0.2, 0) is 65.9 Å². The first kappa shape index (κ1) is 50.1. The van der Waals surface area contributed by atoms with Gasteiger partial charge < -0.3 is 0 Å². The molecule has 4 aromatic carbocycles. The molecule has 365 valence electrons. The monoisotopic (exact) mass is 1060 g/mol. The van der Waals surface area contributed by atoms with E-state index in [1.165, 1.54) is 113 Å². The molecule has 0 fully saturated rings. The van der Waals surface area contributed by atoms with Crippen molar-refractivity contribution in [2.45, 2.75) is 181 Å². The summed E-state index contributed by atoms with van der Waals surface area (Å²) in [5.74, 6) is 2.35. The first-order valence-electron chi connectivity index (χ1n) is 26.3. The van der Waals surface area contributed by atoms with Gasteiger partial charge in [-0.2, -0.15) is 0 Å². The standard InChI is InChI=1S/C64H75O2Si.2ClH.Zr/c1-37-21-23-57(65-37)51-33-53-49(29-39-17-15-19-47(39)59(53)41-25-43(61(3,4)5)31-44(26-41)62(6,7)8)55(51)35-67-36-56-50-30-40-18-16-20-48(40)60(54(50)34-52(56)58-24-22-38(2)66-58)42-27-45(63(9,10)11)32-46(28-42)64(12,13)14;;;/h21-34,55-56,67H,15-20,35-36H2,1-14H3;2*1H;/q;;;+2/p-2. The van der Waals surface area contributed by atoms with Crippen molar-refractivity contribution in [3.63, 3.8) is 0 Å². The van der Waals surface area contributed by atoms with Crippen LogP contribution in [0, 0.1) is 13.8 Å². The molecule has 2 unspecified atom stereocenters. The van der Waals surface area contributed by atoms with E-state index in [1.54, 1.807) is 0 Å². The summed E-state index contributed by atoms with van der Waals surface area (Å²) in [5, 5.41) is 0. The van der Waals surface area contributed by atoms with E-state index in [0.29, 0.717) is 0 Å². The quantitative estimate of drug-likeness (QED) is 0.135. The van der Waals surface area contributed by atoms with Crippen LogP contribution >= 0.6 is 17.0 Å². The first-order valence-corrected chi connectivity index (χ1v) is 39.1. The number of halogens is 2. The predicted octanol–water partition coefficient (Wildman–Crippen LogP) is 18.6. The molecule has 4 aliphatic rings. The van der Waals surface area contributed by atoms with E-state index in [2.05, 4.69) is 182 Å². The fourth-order valence-electron chi connectivity index (χ4n) is 12.3. The number of aryl methyl sites for hydroxylation is 4. The molecule has 6 aromatic rings. The van der Waals surface area contributed by atoms with E-state index in [9.17, 15) is 0 Å². The van der Waals surface area contributed by atoms with Crippen molar-refractivity contribution in [3.8, 4) is 22.3 Å². The zero-order valence-electron chi connectivity index (χ0n) is 44.5. The van der Waals surface area contributed by atoms with E-state index in [0.717, 1.165) is 60.8 Å². The van der Waals surface area contributed by atoms with E-state index in [-0.39, 0.29) is 33.5 Å². The molecule has 70 heavy (non-hydrogen) atoms. The van der Waals surface area contributed by atoms with Crippen LogP contribution in [0.15, 0.2) is 81.6 Å². The van der Waals surface area contributed by atoms with Crippen LogP contribution in [0.25, 0.3) is 45.6 Å². The molecule has 0 saturated heterocycles. The third kappa shape index (κ3) is 9.41. The van der Waals surface area contributed by atoms with Gasteiger partial charge in [-0.1, -0.05) is 0 Å². The van der Waals surface area contributed by atoms with Gasteiger partial charge in [-0.15, -0.1) is 0 Å². The predicted molar refractivity (Wildman–Crippen MR) is 299 cm³/mol. The number of furan rings is 2. The van der Waals surface area contributed by atoms with Gasteiger partial charge in [0.15, 0.2) is 0 Å². The zero-order chi connectivity index (χ0) is 50.0. The van der Waals surface area contributed by atoms with Gasteiger partial charge in [-0.25, -0.2) is 0 Å². The second-order valence-electron chi connectivity index (χ2n) is 25.7. The Kier molecular flexibility index (Phi) is 13.0. The molecule has 0 saturated carbocycles. The summed E-state index contributed by atoms with van der Waals surface area (Å²) < 4.78 is 13.3. The molecule has 0 radical (unpaired) electrons. The topological polar surface area (TPSA) is 26.3 Å². The van der Waals surface area contributed by atoms with Crippen molar-refractivity contribution in [2.24, 2.45) is 0 Å². The minimum atomic E-state index is -2.89. The Morgan fingerprint density at radius 3 is 1.16 bits per heavy atom. The maximum atomic E-state index is 7.67. The molecule has 0 spiro atoms. The summed E-state index contributed by atoms with van der Waals surface area (Å²) in [7, 11) is 15.3. The van der Waals surface area contributed by atoms with Gasteiger partial charge in [-0.3, -0.25) is 0 Å². The van der Waals surface area contributed by atoms with Gasteiger partial charge in [-0.05, 0) is 0 Å². The number of rotatable bonds is 9. The van der Waals surface area contributed by atoms with Crippen molar-refractivity contribution < 1.29 is 27.4 Å². The Morgan fingerprint density at radius 2 is 0.857 bits per heavy atom. The van der Waals surface area contributed by atoms with Gasteiger partial charge in [0, 0.05) is 0 Å². The van der Waals surface area contributed by atoms with Gasteiger partial charge in [0.05, 0.1) is 0 Å². The summed E-state index contributed by atoms with van der Waals surface area (Å²) in [6.07, 6.45) is 11.9. The molecule has 0 amide bonds. The van der Waals surface area contributed by atoms with E-state index in [4.69, 9.17) is 25.9 Å². The van der Waals surface area contributed by atoms with Crippen molar-refractivity contribution in [3.05, 3.63) is 163 Å². The Morgan fingerprint density at radius 1 is 0.500 bits per heavy atom. The third-order valence-corrected chi connectivity index (χ3v) is 38.0. The Bertz CT molecular complexity index is 2840. The van der Waals surface area contributed by atoms with Crippen molar-refractivity contribution in [1.82, 2.24) is 0 Å². The molecule has 2 aromatic heterocycles. The molecule has 2 nitrogen and oxygen atoms in total. The molecule has 10 rings (SSSR count). The number of benzene rings is 4. The zero-order valence-corrected chi connectivity index (χ0v) is 49.7. The maximum absolute atomic E-state index is 7.67. The van der Waals surface area contributed by atoms with Crippen molar-refractivity contribution in [2.75, 3.05) is 0 Å². The summed E-state index contributed by atoms with van der Waals surface area (Å²) in [6, 6.07) is 30.9. The van der Waals surface area contributed by atoms with E-state index < -0.39 is 24.4 Å². The number of allylic oxidation sites excluding steroid dienone is 2. The van der Waals surface area contributed by atoms with Crippen molar-refractivity contribution in [1.29, 1.82) is 0 Å². The fraction of sp³-hybridized carbons (Fsp3) is 0.438. The van der Waals surface area contributed by atoms with Crippen LogP contribution < -0.4 is 0 Å². The van der Waals surface area contributed by atoms with Crippen LogP contribution in [0.5, 0.6) is 0 Å². The van der Waals surface area contributed by atoms with Gasteiger partial charge in [0.2, 0.25) is 0 Å². The number of hydrogen-bond acceptors (Lipinski definition) is 2. The normalized spacial score (nSPS) is 18.2. The number of fused-ring (bicyclic) bond motifs is 4. The molecule has 0 bridgehead atoms. The second-order valence-corrected chi connectivity index (χ2v) is 49.2. The summed E-state index contributed by atoms with van der Waals surface area (Å²) in [4.78, 5) is 0. The number of hydrogen-bond donors (Lipinski definition) is 0. The average Bonchev–Trinajstić information content (AvgIpc) is 4.15. The molecule has 2 atom stereocenters. The van der Waals surface area contributed by atoms with Crippen LogP contribution in [-0.4, -0.2) is 5.92 Å². The van der Waals surface area contributed by atoms with Gasteiger partial charge in [0.25, 0.3) is 0 Å².